The van der Waals surface area contributed by atoms with Crippen molar-refractivity contribution in [1.29, 1.82) is 0 Å². The predicted molar refractivity (Wildman–Crippen MR) is 137 cm³/mol. The SMILES string of the molecule is C=CCON=C(C(=O)NC1C(=O)N2C(C(=O)O)=C(CSc3nnnn3CCC(=O)O)CS[C@H]12)c1nsc(N)n1. The minimum Gasteiger partial charge on any atom is -0.481 e. The van der Waals surface area contributed by atoms with Gasteiger partial charge in [0.25, 0.3) is 11.8 Å². The highest BCUT2D eigenvalue weighted by Crippen LogP contribution is 2.41. The van der Waals surface area contributed by atoms with Gasteiger partial charge in [-0.05, 0) is 16.0 Å². The molecule has 0 radical (unpaired) electrons. The molecule has 0 bridgehead atoms. The fourth-order valence-electron chi connectivity index (χ4n) is 3.47. The molecule has 4 heterocycles. The van der Waals surface area contributed by atoms with Crippen LogP contribution in [-0.4, -0.2) is 104 Å². The number of nitrogens with one attached hydrogen (secondary N) is 1. The predicted octanol–water partition coefficient (Wildman–Crippen LogP) is -0.981. The summed E-state index contributed by atoms with van der Waals surface area (Å²) in [5.41, 5.74) is 5.56. The van der Waals surface area contributed by atoms with Crippen LogP contribution in [0.25, 0.3) is 0 Å². The topological polar surface area (TPSA) is 241 Å². The lowest BCUT2D eigenvalue weighted by atomic mass is 10.0. The number of thioether (sulfide) groups is 2. The summed E-state index contributed by atoms with van der Waals surface area (Å²) in [7, 11) is 0. The number of aromatic nitrogens is 6. The number of nitrogens with two attached hydrogens (primary N) is 1. The van der Waals surface area contributed by atoms with Gasteiger partial charge in [-0.3, -0.25) is 19.3 Å². The maximum atomic E-state index is 13.0. The average Bonchev–Trinajstić information content (AvgIpc) is 3.54. The summed E-state index contributed by atoms with van der Waals surface area (Å²) >= 11 is 3.24. The summed E-state index contributed by atoms with van der Waals surface area (Å²) in [6.07, 6.45) is 1.23. The van der Waals surface area contributed by atoms with Crippen LogP contribution < -0.4 is 11.1 Å². The maximum Gasteiger partial charge on any atom is 0.352 e. The molecule has 20 heteroatoms. The van der Waals surface area contributed by atoms with E-state index in [1.807, 2.05) is 0 Å². The van der Waals surface area contributed by atoms with Crippen molar-refractivity contribution in [1.82, 2.24) is 39.8 Å². The van der Waals surface area contributed by atoms with E-state index >= 15 is 0 Å². The Balaban J connectivity index is 1.47. The Morgan fingerprint density at radius 1 is 1.36 bits per heavy atom. The number of nitrogen functional groups attached to an aromatic ring is 1. The number of oxime groups is 1. The molecule has 0 saturated carbocycles. The van der Waals surface area contributed by atoms with Crippen molar-refractivity contribution in [3.8, 4) is 0 Å². The highest BCUT2D eigenvalue weighted by Gasteiger charge is 2.54. The number of carbonyl (C=O) groups excluding carboxylic acids is 2. The minimum absolute atomic E-state index is 0.00446. The lowest BCUT2D eigenvalue weighted by Crippen LogP contribution is -2.71. The van der Waals surface area contributed by atoms with Gasteiger partial charge in [-0.2, -0.15) is 9.36 Å². The number of rotatable bonds is 13. The number of amides is 2. The van der Waals surface area contributed by atoms with Crippen LogP contribution in [0.3, 0.4) is 0 Å². The van der Waals surface area contributed by atoms with Crippen LogP contribution in [0.2, 0.25) is 0 Å². The zero-order valence-electron chi connectivity index (χ0n) is 19.8. The third kappa shape index (κ3) is 6.17. The number of tetrazole rings is 1. The number of fused-ring (bicyclic) bond motifs is 1. The molecule has 1 saturated heterocycles. The van der Waals surface area contributed by atoms with Crippen LogP contribution in [0.5, 0.6) is 0 Å². The average molecular weight is 597 g/mol. The van der Waals surface area contributed by atoms with Crippen LogP contribution >= 0.6 is 35.1 Å². The highest BCUT2D eigenvalue weighted by atomic mass is 32.2. The fourth-order valence-corrected chi connectivity index (χ4v) is 6.29. The van der Waals surface area contributed by atoms with E-state index in [0.29, 0.717) is 10.7 Å². The molecular formula is C19H20N10O7S3. The molecule has 5 N–H and O–H groups in total. The maximum absolute atomic E-state index is 13.0. The number of aliphatic carboxylic acids is 2. The van der Waals surface area contributed by atoms with Crippen molar-refractivity contribution in [3.05, 3.63) is 29.7 Å². The Morgan fingerprint density at radius 2 is 2.15 bits per heavy atom. The van der Waals surface area contributed by atoms with Gasteiger partial charge in [-0.1, -0.05) is 29.6 Å². The molecule has 2 amide bonds. The Morgan fingerprint density at radius 3 is 2.82 bits per heavy atom. The van der Waals surface area contributed by atoms with E-state index in [1.165, 1.54) is 22.5 Å². The van der Waals surface area contributed by atoms with Gasteiger partial charge in [0.05, 0.1) is 13.0 Å². The second kappa shape index (κ2) is 12.2. The van der Waals surface area contributed by atoms with Gasteiger partial charge in [0.1, 0.15) is 23.7 Å². The molecule has 2 aliphatic rings. The standard InChI is InChI=1S/C19H20N10O7S3/c1-2-5-36-24-10(13-22-18(20)39-25-13)14(32)21-11-15(33)29-12(17(34)35)8(6-37-16(11)29)7-38-19-23-26-27-28(19)4-3-9(30)31/h2,11,16H,1,3-7H2,(H,21,32)(H,30,31)(H,34,35)(H2,20,22,25)/t11?,16-/m1/s1. The summed E-state index contributed by atoms with van der Waals surface area (Å²) in [6.45, 7) is 3.55. The molecule has 39 heavy (non-hydrogen) atoms. The third-order valence-corrected chi connectivity index (χ3v) is 8.09. The Labute approximate surface area is 231 Å². The molecule has 1 fully saturated rings. The third-order valence-electron chi connectivity index (χ3n) is 5.17. The second-order valence-electron chi connectivity index (χ2n) is 7.72. The van der Waals surface area contributed by atoms with Crippen molar-refractivity contribution < 1.29 is 34.2 Å². The van der Waals surface area contributed by atoms with E-state index in [0.717, 1.165) is 28.2 Å². The first-order valence-electron chi connectivity index (χ1n) is 10.9. The van der Waals surface area contributed by atoms with Crippen LogP contribution in [0.4, 0.5) is 5.13 Å². The lowest BCUT2D eigenvalue weighted by Gasteiger charge is -2.49. The number of aryl methyl sites for hydroxylation is 1. The number of nitrogens with zero attached hydrogens (tertiary/aromatic N) is 8. The molecule has 4 rings (SSSR count). The highest BCUT2D eigenvalue weighted by molar-refractivity contribution is 8.01. The lowest BCUT2D eigenvalue weighted by molar-refractivity contribution is -0.150. The first-order chi connectivity index (χ1) is 18.7. The molecule has 206 valence electrons. The molecule has 2 aliphatic heterocycles. The van der Waals surface area contributed by atoms with E-state index in [4.69, 9.17) is 15.7 Å². The zero-order valence-corrected chi connectivity index (χ0v) is 22.2. The van der Waals surface area contributed by atoms with Gasteiger partial charge in [-0.15, -0.1) is 16.9 Å². The minimum atomic E-state index is -1.30. The molecule has 0 aromatic carbocycles. The van der Waals surface area contributed by atoms with Gasteiger partial charge in [-0.25, -0.2) is 9.48 Å². The molecular weight excluding hydrogens is 576 g/mol. The van der Waals surface area contributed by atoms with Gasteiger partial charge < -0.3 is 26.1 Å². The first kappa shape index (κ1) is 28.0. The number of hydrogen-bond donors (Lipinski definition) is 4. The van der Waals surface area contributed by atoms with Crippen molar-refractivity contribution in [2.45, 2.75) is 29.5 Å². The molecule has 17 nitrogen and oxygen atoms in total. The fraction of sp³-hybridized carbons (Fsp3) is 0.368. The summed E-state index contributed by atoms with van der Waals surface area (Å²) in [5, 5.41) is 35.9. The number of carboxylic acids is 2. The van der Waals surface area contributed by atoms with E-state index in [-0.39, 0.29) is 53.4 Å². The van der Waals surface area contributed by atoms with Crippen LogP contribution in [-0.2, 0) is 30.6 Å². The Hall–Kier alpha value is -4.04. The largest absolute Gasteiger partial charge is 0.481 e. The van der Waals surface area contributed by atoms with Gasteiger partial charge in [0, 0.05) is 23.0 Å². The van der Waals surface area contributed by atoms with Crippen LogP contribution in [0.1, 0.15) is 12.2 Å². The van der Waals surface area contributed by atoms with Crippen LogP contribution in [0, 0.1) is 0 Å². The van der Waals surface area contributed by atoms with Crippen molar-refractivity contribution >= 4 is 69.7 Å². The Kier molecular flexibility index (Phi) is 8.76. The molecule has 0 spiro atoms. The molecule has 0 aliphatic carbocycles. The van der Waals surface area contributed by atoms with Crippen molar-refractivity contribution in [2.75, 3.05) is 23.8 Å². The molecule has 2 atom stereocenters. The molecule has 2 aromatic heterocycles. The second-order valence-corrected chi connectivity index (χ2v) is 10.5. The van der Waals surface area contributed by atoms with Crippen molar-refractivity contribution in [3.63, 3.8) is 0 Å². The summed E-state index contributed by atoms with van der Waals surface area (Å²) in [5.74, 6) is -3.44. The number of β-lactam (4-membered cyclic amide) rings is 1. The first-order valence-corrected chi connectivity index (χ1v) is 13.7. The van der Waals surface area contributed by atoms with E-state index in [9.17, 15) is 24.3 Å². The van der Waals surface area contributed by atoms with E-state index in [1.54, 1.807) is 0 Å². The monoisotopic (exact) mass is 596 g/mol. The van der Waals surface area contributed by atoms with E-state index in [2.05, 4.69) is 41.9 Å². The number of carbonyl (C=O) groups is 4. The van der Waals surface area contributed by atoms with Gasteiger partial charge in [0.15, 0.2) is 5.13 Å². The van der Waals surface area contributed by atoms with Gasteiger partial charge >= 0.3 is 11.9 Å². The van der Waals surface area contributed by atoms with Crippen LogP contribution in [0.15, 0.2) is 34.2 Å². The van der Waals surface area contributed by atoms with Crippen molar-refractivity contribution in [2.24, 2.45) is 5.16 Å². The normalized spacial score (nSPS) is 18.8. The summed E-state index contributed by atoms with van der Waals surface area (Å²) in [4.78, 5) is 59.0. The zero-order chi connectivity index (χ0) is 28.1. The smallest absolute Gasteiger partial charge is 0.352 e. The Bertz CT molecular complexity index is 1370. The molecule has 2 aromatic rings. The molecule has 1 unspecified atom stereocenters. The quantitative estimate of drug-likeness (QED) is 0.0542. The number of carboxylic acid groups (broad SMARTS) is 2. The van der Waals surface area contributed by atoms with E-state index < -0.39 is 35.2 Å². The number of anilines is 1. The van der Waals surface area contributed by atoms with Gasteiger partial charge in [0.2, 0.25) is 16.7 Å². The number of hydrogen-bond acceptors (Lipinski definition) is 15. The summed E-state index contributed by atoms with van der Waals surface area (Å²) < 4.78 is 5.26. The summed E-state index contributed by atoms with van der Waals surface area (Å²) in [6, 6.07) is -1.03.